The minimum absolute atomic E-state index is 0.0453. The topological polar surface area (TPSA) is 83.8 Å². The van der Waals surface area contributed by atoms with Crippen molar-refractivity contribution in [2.75, 3.05) is 6.61 Å². The summed E-state index contributed by atoms with van der Waals surface area (Å²) in [5.74, 6) is 3.59. The number of carbonyl (C=O) groups is 2. The van der Waals surface area contributed by atoms with E-state index in [4.69, 9.17) is 9.84 Å². The van der Waals surface area contributed by atoms with Gasteiger partial charge in [0.15, 0.2) is 11.5 Å². The van der Waals surface area contributed by atoms with Crippen LogP contribution in [-0.4, -0.2) is 28.8 Å². The van der Waals surface area contributed by atoms with Crippen LogP contribution in [0.5, 0.6) is 5.75 Å². The van der Waals surface area contributed by atoms with E-state index in [1.54, 1.807) is 6.92 Å². The maximum absolute atomic E-state index is 11.2. The molecule has 0 saturated heterocycles. The van der Waals surface area contributed by atoms with E-state index < -0.39 is 18.5 Å². The lowest BCUT2D eigenvalue weighted by Gasteiger charge is -2.03. The molecule has 0 aliphatic heterocycles. The average Bonchev–Trinajstić information content (AvgIpc) is 2.80. The fourth-order valence-corrected chi connectivity index (χ4v) is 2.66. The first-order chi connectivity index (χ1) is 10.5. The molecular weight excluding hydrogens is 304 g/mol. The standard InChI is InChI=1S/C16H12O5S/c1-10-12(8-7-11-5-3-2-4-6-11)22-15(16(19)20)14(10)21-9-13(17)18/h2-6H,9H2,1H3,(H,17,18)(H,19,20). The molecule has 6 heteroatoms. The van der Waals surface area contributed by atoms with Crippen LogP contribution >= 0.6 is 11.3 Å². The fraction of sp³-hybridized carbons (Fsp3) is 0.125. The smallest absolute Gasteiger partial charge is 0.349 e. The summed E-state index contributed by atoms with van der Waals surface area (Å²) in [5.41, 5.74) is 1.34. The maximum Gasteiger partial charge on any atom is 0.349 e. The summed E-state index contributed by atoms with van der Waals surface area (Å²) < 4.78 is 5.09. The molecule has 5 nitrogen and oxygen atoms in total. The van der Waals surface area contributed by atoms with Gasteiger partial charge in [-0.05, 0) is 19.1 Å². The predicted molar refractivity (Wildman–Crippen MR) is 81.6 cm³/mol. The fourth-order valence-electron chi connectivity index (χ4n) is 1.72. The number of aromatic carboxylic acids is 1. The first-order valence-corrected chi connectivity index (χ1v) is 7.09. The Morgan fingerprint density at radius 2 is 1.86 bits per heavy atom. The lowest BCUT2D eigenvalue weighted by Crippen LogP contribution is -2.11. The molecule has 1 aromatic heterocycles. The van der Waals surface area contributed by atoms with Gasteiger partial charge in [-0.25, -0.2) is 9.59 Å². The summed E-state index contributed by atoms with van der Waals surface area (Å²) >= 11 is 0.974. The number of aliphatic carboxylic acids is 1. The van der Waals surface area contributed by atoms with E-state index in [9.17, 15) is 14.7 Å². The summed E-state index contributed by atoms with van der Waals surface area (Å²) in [6, 6.07) is 9.28. The highest BCUT2D eigenvalue weighted by Gasteiger charge is 2.21. The van der Waals surface area contributed by atoms with Crippen LogP contribution in [0, 0.1) is 18.8 Å². The third kappa shape index (κ3) is 3.65. The number of benzene rings is 1. The quantitative estimate of drug-likeness (QED) is 0.847. The minimum Gasteiger partial charge on any atom is -0.480 e. The van der Waals surface area contributed by atoms with Crippen molar-refractivity contribution >= 4 is 23.3 Å². The van der Waals surface area contributed by atoms with Crippen molar-refractivity contribution < 1.29 is 24.5 Å². The largest absolute Gasteiger partial charge is 0.480 e. The molecule has 0 spiro atoms. The third-order valence-electron chi connectivity index (χ3n) is 2.72. The third-order valence-corrected chi connectivity index (χ3v) is 3.90. The molecule has 2 aromatic rings. The van der Waals surface area contributed by atoms with Crippen LogP contribution < -0.4 is 4.74 Å². The van der Waals surface area contributed by atoms with Crippen LogP contribution in [0.25, 0.3) is 0 Å². The van der Waals surface area contributed by atoms with Crippen molar-refractivity contribution in [3.63, 3.8) is 0 Å². The molecule has 0 amide bonds. The molecule has 2 N–H and O–H groups in total. The van der Waals surface area contributed by atoms with Crippen molar-refractivity contribution in [2.24, 2.45) is 0 Å². The summed E-state index contributed by atoms with van der Waals surface area (Å²) in [6.07, 6.45) is 0. The molecule has 0 radical (unpaired) electrons. The lowest BCUT2D eigenvalue weighted by molar-refractivity contribution is -0.139. The normalized spacial score (nSPS) is 9.68. The van der Waals surface area contributed by atoms with Gasteiger partial charge < -0.3 is 14.9 Å². The number of carboxylic acids is 2. The molecule has 0 saturated carbocycles. The highest BCUT2D eigenvalue weighted by molar-refractivity contribution is 7.15. The Labute approximate surface area is 130 Å². The first-order valence-electron chi connectivity index (χ1n) is 6.27. The molecule has 22 heavy (non-hydrogen) atoms. The Balaban J connectivity index is 2.37. The highest BCUT2D eigenvalue weighted by Crippen LogP contribution is 2.34. The maximum atomic E-state index is 11.2. The summed E-state index contributed by atoms with van der Waals surface area (Å²) in [6.45, 7) is 1.07. The van der Waals surface area contributed by atoms with E-state index in [1.165, 1.54) is 0 Å². The first kappa shape index (κ1) is 15.6. The van der Waals surface area contributed by atoms with Crippen molar-refractivity contribution in [1.82, 2.24) is 0 Å². The number of hydrogen-bond acceptors (Lipinski definition) is 4. The van der Waals surface area contributed by atoms with Crippen LogP contribution in [0.3, 0.4) is 0 Å². The second-order valence-electron chi connectivity index (χ2n) is 4.32. The minimum atomic E-state index is -1.17. The van der Waals surface area contributed by atoms with E-state index in [2.05, 4.69) is 11.8 Å². The zero-order valence-corrected chi connectivity index (χ0v) is 12.4. The van der Waals surface area contributed by atoms with Crippen molar-refractivity contribution in [3.8, 4) is 17.6 Å². The number of thiophene rings is 1. The van der Waals surface area contributed by atoms with E-state index in [0.717, 1.165) is 16.9 Å². The zero-order valence-electron chi connectivity index (χ0n) is 11.6. The number of hydrogen-bond donors (Lipinski definition) is 2. The van der Waals surface area contributed by atoms with Gasteiger partial charge in [0.05, 0.1) is 4.88 Å². The molecule has 1 aromatic carbocycles. The SMILES string of the molecule is Cc1c(C#Cc2ccccc2)sc(C(=O)O)c1OCC(=O)O. The molecule has 0 bridgehead atoms. The molecule has 1 heterocycles. The highest BCUT2D eigenvalue weighted by atomic mass is 32.1. The second kappa shape index (κ2) is 6.78. The molecule has 0 atom stereocenters. The second-order valence-corrected chi connectivity index (χ2v) is 5.34. The molecule has 0 unspecified atom stereocenters. The van der Waals surface area contributed by atoms with Gasteiger partial charge in [0.1, 0.15) is 5.75 Å². The van der Waals surface area contributed by atoms with Gasteiger partial charge in [-0.2, -0.15) is 0 Å². The zero-order chi connectivity index (χ0) is 16.1. The Hall–Kier alpha value is -2.78. The van der Waals surface area contributed by atoms with Gasteiger partial charge in [0.2, 0.25) is 0 Å². The molecular formula is C16H12O5S. The van der Waals surface area contributed by atoms with Gasteiger partial charge >= 0.3 is 11.9 Å². The molecule has 0 aliphatic carbocycles. The van der Waals surface area contributed by atoms with Crippen molar-refractivity contribution in [3.05, 3.63) is 51.2 Å². The van der Waals surface area contributed by atoms with E-state index in [1.807, 2.05) is 30.3 Å². The Morgan fingerprint density at radius 1 is 1.18 bits per heavy atom. The Kier molecular flexibility index (Phi) is 4.81. The molecule has 2 rings (SSSR count). The number of ether oxygens (including phenoxy) is 1. The predicted octanol–water partition coefficient (Wildman–Crippen LogP) is 2.62. The van der Waals surface area contributed by atoms with Gasteiger partial charge in [-0.3, -0.25) is 0 Å². The van der Waals surface area contributed by atoms with Crippen molar-refractivity contribution in [1.29, 1.82) is 0 Å². The van der Waals surface area contributed by atoms with Crippen LogP contribution in [-0.2, 0) is 4.79 Å². The van der Waals surface area contributed by atoms with E-state index >= 15 is 0 Å². The number of carboxylic acid groups (broad SMARTS) is 2. The molecule has 112 valence electrons. The Bertz CT molecular complexity index is 765. The average molecular weight is 316 g/mol. The van der Waals surface area contributed by atoms with E-state index in [0.29, 0.717) is 10.4 Å². The van der Waals surface area contributed by atoms with Crippen molar-refractivity contribution in [2.45, 2.75) is 6.92 Å². The van der Waals surface area contributed by atoms with E-state index in [-0.39, 0.29) is 10.6 Å². The van der Waals surface area contributed by atoms with Gasteiger partial charge in [-0.15, -0.1) is 11.3 Å². The van der Waals surface area contributed by atoms with Crippen LogP contribution in [0.2, 0.25) is 0 Å². The molecule has 0 fully saturated rings. The van der Waals surface area contributed by atoms with Crippen LogP contribution in [0.1, 0.15) is 25.7 Å². The van der Waals surface area contributed by atoms with Gasteiger partial charge in [0.25, 0.3) is 0 Å². The van der Waals surface area contributed by atoms with Gasteiger partial charge in [0, 0.05) is 11.1 Å². The van der Waals surface area contributed by atoms with Crippen LogP contribution in [0.4, 0.5) is 0 Å². The van der Waals surface area contributed by atoms with Gasteiger partial charge in [-0.1, -0.05) is 30.0 Å². The summed E-state index contributed by atoms with van der Waals surface area (Å²) in [7, 11) is 0. The molecule has 0 aliphatic rings. The summed E-state index contributed by atoms with van der Waals surface area (Å²) in [5, 5.41) is 17.8. The lowest BCUT2D eigenvalue weighted by atomic mass is 10.2. The summed E-state index contributed by atoms with van der Waals surface area (Å²) in [4.78, 5) is 22.3. The van der Waals surface area contributed by atoms with Crippen LogP contribution in [0.15, 0.2) is 30.3 Å². The Morgan fingerprint density at radius 3 is 2.45 bits per heavy atom. The monoisotopic (exact) mass is 316 g/mol. The number of rotatable bonds is 4.